The van der Waals surface area contributed by atoms with Crippen LogP contribution in [0.4, 0.5) is 0 Å². The van der Waals surface area contributed by atoms with Crippen LogP contribution in [-0.2, 0) is 0 Å². The van der Waals surface area contributed by atoms with Crippen molar-refractivity contribution in [1.82, 2.24) is 15.4 Å². The van der Waals surface area contributed by atoms with Gasteiger partial charge >= 0.3 is 0 Å². The van der Waals surface area contributed by atoms with E-state index in [0.717, 1.165) is 27.9 Å². The number of carbonyl (C=O) groups is 1. The van der Waals surface area contributed by atoms with E-state index in [9.17, 15) is 4.79 Å². The van der Waals surface area contributed by atoms with E-state index in [0.29, 0.717) is 28.9 Å². The molecule has 1 amide bonds. The van der Waals surface area contributed by atoms with Crippen LogP contribution < -0.4 is 10.2 Å². The van der Waals surface area contributed by atoms with Gasteiger partial charge in [-0.25, -0.2) is 10.4 Å². The summed E-state index contributed by atoms with van der Waals surface area (Å²) in [6, 6.07) is 20.3. The molecule has 162 valence electrons. The number of aromatic amines is 1. The van der Waals surface area contributed by atoms with E-state index in [-0.39, 0.29) is 5.91 Å². The molecule has 32 heavy (non-hydrogen) atoms. The van der Waals surface area contributed by atoms with Crippen molar-refractivity contribution in [2.75, 3.05) is 6.61 Å². The molecule has 3 aromatic carbocycles. The standard InChI is InChI=1S/C25H23ClN4O2/c1-16(2)15-32-23-10-6-3-7-18(23)14-27-30-25(31)17-11-12-21-22(13-17)29-24(28-21)19-8-4-5-9-20(19)26/h3-14,16H,15H2,1-2H3,(H,28,29)(H,30,31)/b27-14+. The number of fused-ring (bicyclic) bond motifs is 1. The molecule has 0 aliphatic carbocycles. The minimum Gasteiger partial charge on any atom is -0.493 e. The molecule has 7 heteroatoms. The Hall–Kier alpha value is -3.64. The summed E-state index contributed by atoms with van der Waals surface area (Å²) in [4.78, 5) is 20.4. The van der Waals surface area contributed by atoms with Crippen LogP contribution in [0.2, 0.25) is 5.02 Å². The molecule has 0 unspecified atom stereocenters. The number of nitrogens with zero attached hydrogens (tertiary/aromatic N) is 2. The average molecular weight is 447 g/mol. The molecular formula is C25H23ClN4O2. The molecule has 0 fully saturated rings. The van der Waals surface area contributed by atoms with E-state index in [2.05, 4.69) is 34.3 Å². The Balaban J connectivity index is 1.48. The van der Waals surface area contributed by atoms with Crippen molar-refractivity contribution < 1.29 is 9.53 Å². The SMILES string of the molecule is CC(C)COc1ccccc1/C=N/NC(=O)c1ccc2nc(-c3ccccc3Cl)[nH]c2c1. The second-order valence-corrected chi connectivity index (χ2v) is 8.15. The summed E-state index contributed by atoms with van der Waals surface area (Å²) in [6.45, 7) is 4.78. The summed E-state index contributed by atoms with van der Waals surface area (Å²) in [6.07, 6.45) is 1.58. The van der Waals surface area contributed by atoms with E-state index in [4.69, 9.17) is 16.3 Å². The molecule has 0 saturated heterocycles. The number of aromatic nitrogens is 2. The van der Waals surface area contributed by atoms with Crippen LogP contribution in [0.1, 0.15) is 29.8 Å². The molecule has 0 radical (unpaired) electrons. The van der Waals surface area contributed by atoms with Crippen molar-refractivity contribution in [3.8, 4) is 17.1 Å². The van der Waals surface area contributed by atoms with Gasteiger partial charge in [-0.05, 0) is 48.4 Å². The van der Waals surface area contributed by atoms with E-state index in [1.165, 1.54) is 0 Å². The number of benzene rings is 3. The zero-order valence-corrected chi connectivity index (χ0v) is 18.6. The average Bonchev–Trinajstić information content (AvgIpc) is 3.21. The van der Waals surface area contributed by atoms with Gasteiger partial charge in [0.15, 0.2) is 0 Å². The van der Waals surface area contributed by atoms with Crippen molar-refractivity contribution in [3.63, 3.8) is 0 Å². The smallest absolute Gasteiger partial charge is 0.271 e. The fourth-order valence-electron chi connectivity index (χ4n) is 3.13. The first-order chi connectivity index (χ1) is 15.5. The lowest BCUT2D eigenvalue weighted by molar-refractivity contribution is 0.0955. The zero-order valence-electron chi connectivity index (χ0n) is 17.8. The molecule has 2 N–H and O–H groups in total. The Morgan fingerprint density at radius 2 is 1.94 bits per heavy atom. The number of carbonyl (C=O) groups excluding carboxylic acids is 1. The molecule has 0 atom stereocenters. The van der Waals surface area contributed by atoms with Gasteiger partial charge in [-0.1, -0.05) is 49.7 Å². The summed E-state index contributed by atoms with van der Waals surface area (Å²) in [5.74, 6) is 1.47. The minimum absolute atomic E-state index is 0.322. The number of hydrazone groups is 1. The third-order valence-electron chi connectivity index (χ3n) is 4.73. The normalized spacial score (nSPS) is 11.4. The first-order valence-electron chi connectivity index (χ1n) is 10.3. The minimum atomic E-state index is -0.322. The number of para-hydroxylation sites is 1. The van der Waals surface area contributed by atoms with Gasteiger partial charge in [-0.2, -0.15) is 5.10 Å². The molecule has 4 rings (SSSR count). The second kappa shape index (κ2) is 9.66. The molecular weight excluding hydrogens is 424 g/mol. The molecule has 6 nitrogen and oxygen atoms in total. The topological polar surface area (TPSA) is 79.4 Å². The predicted molar refractivity (Wildman–Crippen MR) is 128 cm³/mol. The molecule has 1 aromatic heterocycles. The van der Waals surface area contributed by atoms with E-state index < -0.39 is 0 Å². The highest BCUT2D eigenvalue weighted by Gasteiger charge is 2.11. The third-order valence-corrected chi connectivity index (χ3v) is 5.06. The Bertz CT molecular complexity index is 1280. The van der Waals surface area contributed by atoms with E-state index >= 15 is 0 Å². The van der Waals surface area contributed by atoms with Crippen LogP contribution in [0, 0.1) is 5.92 Å². The highest BCUT2D eigenvalue weighted by atomic mass is 35.5. The molecule has 0 aliphatic heterocycles. The van der Waals surface area contributed by atoms with Gasteiger partial charge in [0.25, 0.3) is 5.91 Å². The molecule has 1 heterocycles. The summed E-state index contributed by atoms with van der Waals surface area (Å²) >= 11 is 6.27. The van der Waals surface area contributed by atoms with Gasteiger partial charge in [-0.3, -0.25) is 4.79 Å². The fraction of sp³-hybridized carbons (Fsp3) is 0.160. The molecule has 0 spiro atoms. The van der Waals surface area contributed by atoms with Crippen molar-refractivity contribution >= 4 is 34.8 Å². The Morgan fingerprint density at radius 3 is 2.75 bits per heavy atom. The number of amides is 1. The Kier molecular flexibility index (Phi) is 6.52. The van der Waals surface area contributed by atoms with Crippen molar-refractivity contribution in [2.45, 2.75) is 13.8 Å². The summed E-state index contributed by atoms with van der Waals surface area (Å²) < 4.78 is 5.81. The summed E-state index contributed by atoms with van der Waals surface area (Å²) in [5, 5.41) is 4.71. The number of halogens is 1. The number of rotatable bonds is 7. The molecule has 0 saturated carbocycles. The van der Waals surface area contributed by atoms with Crippen LogP contribution >= 0.6 is 11.6 Å². The number of imidazole rings is 1. The lowest BCUT2D eigenvalue weighted by Gasteiger charge is -2.10. The summed E-state index contributed by atoms with van der Waals surface area (Å²) in [7, 11) is 0. The zero-order chi connectivity index (χ0) is 22.5. The quantitative estimate of drug-likeness (QED) is 0.283. The van der Waals surface area contributed by atoms with Gasteiger partial charge in [0.1, 0.15) is 11.6 Å². The molecule has 0 bridgehead atoms. The van der Waals surface area contributed by atoms with E-state index in [1.54, 1.807) is 24.4 Å². The van der Waals surface area contributed by atoms with Gasteiger partial charge in [0, 0.05) is 16.7 Å². The second-order valence-electron chi connectivity index (χ2n) is 7.74. The fourth-order valence-corrected chi connectivity index (χ4v) is 3.36. The molecule has 4 aromatic rings. The highest BCUT2D eigenvalue weighted by molar-refractivity contribution is 6.33. The van der Waals surface area contributed by atoms with Crippen LogP contribution in [0.15, 0.2) is 71.8 Å². The van der Waals surface area contributed by atoms with Crippen LogP contribution in [-0.4, -0.2) is 28.7 Å². The lowest BCUT2D eigenvalue weighted by atomic mass is 10.2. The van der Waals surface area contributed by atoms with Gasteiger partial charge in [-0.15, -0.1) is 0 Å². The summed E-state index contributed by atoms with van der Waals surface area (Å²) in [5.41, 5.74) is 6.12. The van der Waals surface area contributed by atoms with Gasteiger partial charge < -0.3 is 9.72 Å². The number of H-pyrrole nitrogens is 1. The molecule has 0 aliphatic rings. The van der Waals surface area contributed by atoms with Crippen LogP contribution in [0.25, 0.3) is 22.4 Å². The third kappa shape index (κ3) is 4.98. The van der Waals surface area contributed by atoms with Crippen molar-refractivity contribution in [1.29, 1.82) is 0 Å². The number of nitrogens with one attached hydrogen (secondary N) is 2. The maximum atomic E-state index is 12.6. The number of hydrogen-bond acceptors (Lipinski definition) is 4. The predicted octanol–water partition coefficient (Wildman–Crippen LogP) is 5.68. The number of hydrogen-bond donors (Lipinski definition) is 2. The van der Waals surface area contributed by atoms with Crippen molar-refractivity contribution in [3.05, 3.63) is 82.9 Å². The maximum absolute atomic E-state index is 12.6. The monoisotopic (exact) mass is 446 g/mol. The lowest BCUT2D eigenvalue weighted by Crippen LogP contribution is -2.17. The maximum Gasteiger partial charge on any atom is 0.271 e. The van der Waals surface area contributed by atoms with Crippen LogP contribution in [0.5, 0.6) is 5.75 Å². The highest BCUT2D eigenvalue weighted by Crippen LogP contribution is 2.27. The van der Waals surface area contributed by atoms with E-state index in [1.807, 2.05) is 48.5 Å². The van der Waals surface area contributed by atoms with Gasteiger partial charge in [0.05, 0.1) is 28.9 Å². The Labute approximate surface area is 191 Å². The number of ether oxygens (including phenoxy) is 1. The first kappa shape index (κ1) is 21.6. The van der Waals surface area contributed by atoms with Crippen molar-refractivity contribution in [2.24, 2.45) is 11.0 Å². The Morgan fingerprint density at radius 1 is 1.16 bits per heavy atom. The first-order valence-corrected chi connectivity index (χ1v) is 10.7. The van der Waals surface area contributed by atoms with Crippen LogP contribution in [0.3, 0.4) is 0 Å². The van der Waals surface area contributed by atoms with Gasteiger partial charge in [0.2, 0.25) is 0 Å². The largest absolute Gasteiger partial charge is 0.493 e.